The van der Waals surface area contributed by atoms with Crippen LogP contribution in [0.4, 0.5) is 0 Å². The van der Waals surface area contributed by atoms with Crippen molar-refractivity contribution in [2.75, 3.05) is 13.7 Å². The summed E-state index contributed by atoms with van der Waals surface area (Å²) in [7, 11) is 1.64. The highest BCUT2D eigenvalue weighted by Crippen LogP contribution is 2.38. The highest BCUT2D eigenvalue weighted by Gasteiger charge is 2.20. The third-order valence-corrected chi connectivity index (χ3v) is 4.27. The molecule has 3 rings (SSSR count). The number of nitrogens with one attached hydrogen (secondary N) is 1. The fourth-order valence-corrected chi connectivity index (χ4v) is 2.62. The molecule has 0 radical (unpaired) electrons. The molecular weight excluding hydrogens is 300 g/mol. The van der Waals surface area contributed by atoms with E-state index in [2.05, 4.69) is 9.97 Å². The summed E-state index contributed by atoms with van der Waals surface area (Å²) in [4.78, 5) is 7.20. The first-order valence-electron chi connectivity index (χ1n) is 7.44. The average molecular weight is 319 g/mol. The van der Waals surface area contributed by atoms with E-state index in [1.807, 2.05) is 24.3 Å². The first-order chi connectivity index (χ1) is 10.8. The Morgan fingerprint density at radius 1 is 1.36 bits per heavy atom. The second kappa shape index (κ2) is 6.88. The Labute approximate surface area is 135 Å². The number of hydrogen-bond acceptors (Lipinski definition) is 3. The minimum Gasteiger partial charge on any atom is -0.493 e. The number of halogens is 1. The molecule has 1 aromatic heterocycles. The van der Waals surface area contributed by atoms with Crippen LogP contribution in [0.5, 0.6) is 11.5 Å². The fourth-order valence-electron chi connectivity index (χ4n) is 2.41. The van der Waals surface area contributed by atoms with Crippen LogP contribution in [-0.2, 0) is 0 Å². The van der Waals surface area contributed by atoms with Gasteiger partial charge in [0.1, 0.15) is 5.82 Å². The van der Waals surface area contributed by atoms with Crippen molar-refractivity contribution in [1.29, 1.82) is 0 Å². The van der Waals surface area contributed by atoms with E-state index in [-0.39, 0.29) is 0 Å². The van der Waals surface area contributed by atoms with Crippen LogP contribution in [0.25, 0.3) is 12.2 Å². The maximum absolute atomic E-state index is 6.34. The van der Waals surface area contributed by atoms with Gasteiger partial charge in [-0.05, 0) is 43.0 Å². The summed E-state index contributed by atoms with van der Waals surface area (Å²) < 4.78 is 11.4. The van der Waals surface area contributed by atoms with Gasteiger partial charge in [0.15, 0.2) is 11.5 Å². The molecule has 22 heavy (non-hydrogen) atoms. The fraction of sp³-hybridized carbons (Fsp3) is 0.353. The molecule has 1 aromatic carbocycles. The van der Waals surface area contributed by atoms with Gasteiger partial charge < -0.3 is 14.5 Å². The molecule has 4 nitrogen and oxygen atoms in total. The normalized spacial score (nSPS) is 15.0. The smallest absolute Gasteiger partial charge is 0.169 e. The number of aromatic amines is 1. The molecule has 1 aliphatic rings. The van der Waals surface area contributed by atoms with Crippen molar-refractivity contribution in [1.82, 2.24) is 9.97 Å². The Bertz CT molecular complexity index is 649. The van der Waals surface area contributed by atoms with Gasteiger partial charge in [-0.25, -0.2) is 4.98 Å². The summed E-state index contributed by atoms with van der Waals surface area (Å²) >= 11 is 6.34. The van der Waals surface area contributed by atoms with Gasteiger partial charge in [0.25, 0.3) is 0 Å². The average Bonchev–Trinajstić information content (AvgIpc) is 2.98. The maximum atomic E-state index is 6.34. The van der Waals surface area contributed by atoms with Crippen LogP contribution in [0.15, 0.2) is 24.5 Å². The van der Waals surface area contributed by atoms with Crippen LogP contribution in [-0.4, -0.2) is 23.7 Å². The van der Waals surface area contributed by atoms with Crippen molar-refractivity contribution in [3.8, 4) is 11.5 Å². The van der Waals surface area contributed by atoms with E-state index in [1.54, 1.807) is 19.5 Å². The van der Waals surface area contributed by atoms with E-state index >= 15 is 0 Å². The molecule has 1 aliphatic carbocycles. The van der Waals surface area contributed by atoms with Crippen molar-refractivity contribution in [2.24, 2.45) is 5.92 Å². The molecule has 0 amide bonds. The van der Waals surface area contributed by atoms with Crippen molar-refractivity contribution in [3.63, 3.8) is 0 Å². The minimum atomic E-state index is 0.632. The van der Waals surface area contributed by atoms with Gasteiger partial charge in [-0.2, -0.15) is 0 Å². The zero-order valence-electron chi connectivity index (χ0n) is 12.5. The van der Waals surface area contributed by atoms with E-state index < -0.39 is 0 Å². The van der Waals surface area contributed by atoms with Crippen LogP contribution >= 0.6 is 11.6 Å². The Hall–Kier alpha value is -1.94. The quantitative estimate of drug-likeness (QED) is 0.857. The topological polar surface area (TPSA) is 47.1 Å². The summed E-state index contributed by atoms with van der Waals surface area (Å²) in [6, 6.07) is 3.65. The van der Waals surface area contributed by atoms with E-state index in [1.165, 1.54) is 19.3 Å². The summed E-state index contributed by atoms with van der Waals surface area (Å²) in [6.45, 7) is 0.707. The molecule has 5 heteroatoms. The highest BCUT2D eigenvalue weighted by molar-refractivity contribution is 6.32. The lowest BCUT2D eigenvalue weighted by Crippen LogP contribution is -2.19. The molecule has 0 spiro atoms. The molecular formula is C17H19ClN2O2. The first-order valence-corrected chi connectivity index (χ1v) is 7.82. The summed E-state index contributed by atoms with van der Waals surface area (Å²) in [6.07, 6.45) is 11.0. The number of hydrogen-bond donors (Lipinski definition) is 1. The van der Waals surface area contributed by atoms with Crippen molar-refractivity contribution in [3.05, 3.63) is 40.9 Å². The van der Waals surface area contributed by atoms with Crippen LogP contribution < -0.4 is 9.47 Å². The lowest BCUT2D eigenvalue weighted by Gasteiger charge is -2.26. The minimum absolute atomic E-state index is 0.632. The highest BCUT2D eigenvalue weighted by atomic mass is 35.5. The summed E-state index contributed by atoms with van der Waals surface area (Å²) in [5.41, 5.74) is 0.816. The third kappa shape index (κ3) is 3.28. The van der Waals surface area contributed by atoms with Gasteiger partial charge in [0, 0.05) is 18.0 Å². The summed E-state index contributed by atoms with van der Waals surface area (Å²) in [5.74, 6) is 2.81. The van der Waals surface area contributed by atoms with Crippen molar-refractivity contribution in [2.45, 2.75) is 19.3 Å². The monoisotopic (exact) mass is 318 g/mol. The molecule has 1 fully saturated rings. The van der Waals surface area contributed by atoms with Crippen LogP contribution in [0, 0.1) is 5.92 Å². The molecule has 0 unspecified atom stereocenters. The van der Waals surface area contributed by atoms with E-state index in [4.69, 9.17) is 21.1 Å². The Morgan fingerprint density at radius 3 is 2.86 bits per heavy atom. The van der Waals surface area contributed by atoms with Crippen LogP contribution in [0.1, 0.15) is 30.7 Å². The second-order valence-corrected chi connectivity index (χ2v) is 5.82. The van der Waals surface area contributed by atoms with E-state index in [9.17, 15) is 0 Å². The Morgan fingerprint density at radius 2 is 2.23 bits per heavy atom. The molecule has 0 atom stereocenters. The maximum Gasteiger partial charge on any atom is 0.169 e. The number of methoxy groups -OCH3 is 1. The Kier molecular flexibility index (Phi) is 4.68. The number of H-pyrrole nitrogens is 1. The number of rotatable bonds is 6. The number of nitrogens with zero attached hydrogens (tertiary/aromatic N) is 1. The second-order valence-electron chi connectivity index (χ2n) is 5.41. The zero-order valence-corrected chi connectivity index (χ0v) is 13.3. The van der Waals surface area contributed by atoms with Gasteiger partial charge in [-0.15, -0.1) is 0 Å². The lowest BCUT2D eigenvalue weighted by molar-refractivity contribution is 0.175. The van der Waals surface area contributed by atoms with Gasteiger partial charge in [-0.1, -0.05) is 18.0 Å². The molecule has 2 aromatic rings. The van der Waals surface area contributed by atoms with Crippen LogP contribution in [0.2, 0.25) is 5.02 Å². The molecule has 0 bridgehead atoms. The number of ether oxygens (including phenoxy) is 2. The SMILES string of the molecule is COc1ccc(Cl)c(/C=C/c2ncc[nH]2)c1OCC1CCC1. The van der Waals surface area contributed by atoms with Crippen LogP contribution in [0.3, 0.4) is 0 Å². The predicted molar refractivity (Wildman–Crippen MR) is 88.4 cm³/mol. The molecule has 1 saturated carbocycles. The summed E-state index contributed by atoms with van der Waals surface area (Å²) in [5, 5.41) is 0.632. The predicted octanol–water partition coefficient (Wildman–Crippen LogP) is 4.42. The van der Waals surface area contributed by atoms with Gasteiger partial charge in [-0.3, -0.25) is 0 Å². The standard InChI is InChI=1S/C17H19ClN2O2/c1-21-15-7-6-14(18)13(5-8-16-19-9-10-20-16)17(15)22-11-12-3-2-4-12/h5-10,12H,2-4,11H2,1H3,(H,19,20)/b8-5+. The molecule has 1 N–H and O–H groups in total. The van der Waals surface area contributed by atoms with Gasteiger partial charge in [0.2, 0.25) is 0 Å². The largest absolute Gasteiger partial charge is 0.493 e. The van der Waals surface area contributed by atoms with Crippen molar-refractivity contribution < 1.29 is 9.47 Å². The van der Waals surface area contributed by atoms with Crippen molar-refractivity contribution >= 4 is 23.8 Å². The van der Waals surface area contributed by atoms with E-state index in [0.717, 1.165) is 11.4 Å². The zero-order chi connectivity index (χ0) is 15.4. The molecule has 116 valence electrons. The Balaban J connectivity index is 1.87. The molecule has 0 aliphatic heterocycles. The molecule has 0 saturated heterocycles. The number of imidazole rings is 1. The number of aromatic nitrogens is 2. The van der Waals surface area contributed by atoms with Gasteiger partial charge >= 0.3 is 0 Å². The first kappa shape index (κ1) is 15.0. The lowest BCUT2D eigenvalue weighted by atomic mass is 9.86. The number of benzene rings is 1. The van der Waals surface area contributed by atoms with E-state index in [0.29, 0.717) is 29.0 Å². The third-order valence-electron chi connectivity index (χ3n) is 3.94. The van der Waals surface area contributed by atoms with Gasteiger partial charge in [0.05, 0.1) is 18.7 Å². The molecule has 1 heterocycles.